The van der Waals surface area contributed by atoms with Gasteiger partial charge in [-0.05, 0) is 63.4 Å². The summed E-state index contributed by atoms with van der Waals surface area (Å²) < 4.78 is 5.15. The number of nitrogens with one attached hydrogen (secondary N) is 2. The smallest absolute Gasteiger partial charge is 0.223 e. The first-order valence-corrected chi connectivity index (χ1v) is 10.1. The van der Waals surface area contributed by atoms with Crippen molar-refractivity contribution in [3.8, 4) is 0 Å². The first kappa shape index (κ1) is 19.9. The zero-order valence-electron chi connectivity index (χ0n) is 17.2. The third-order valence-electron chi connectivity index (χ3n) is 5.87. The van der Waals surface area contributed by atoms with Gasteiger partial charge in [0.25, 0.3) is 0 Å². The minimum atomic E-state index is 0.126. The minimum absolute atomic E-state index is 0.126. The number of piperidine rings is 1. The number of benzene rings is 1. The molecule has 1 aliphatic heterocycles. The Bertz CT molecular complexity index is 788. The topological polar surface area (TPSA) is 57.4 Å². The molecule has 2 heterocycles. The van der Waals surface area contributed by atoms with E-state index in [0.717, 1.165) is 45.5 Å². The van der Waals surface area contributed by atoms with Crippen molar-refractivity contribution >= 4 is 16.8 Å². The summed E-state index contributed by atoms with van der Waals surface area (Å²) in [6.07, 6.45) is 2.85. The molecule has 2 aromatic rings. The van der Waals surface area contributed by atoms with Crippen LogP contribution in [-0.2, 0) is 22.5 Å². The highest BCUT2D eigenvalue weighted by atomic mass is 16.5. The zero-order valence-corrected chi connectivity index (χ0v) is 17.2. The maximum atomic E-state index is 12.7. The lowest BCUT2D eigenvalue weighted by Crippen LogP contribution is -2.41. The molecule has 1 aliphatic rings. The van der Waals surface area contributed by atoms with Gasteiger partial charge in [-0.2, -0.15) is 0 Å². The largest absolute Gasteiger partial charge is 0.383 e. The van der Waals surface area contributed by atoms with E-state index < -0.39 is 0 Å². The van der Waals surface area contributed by atoms with E-state index in [1.165, 1.54) is 33.3 Å². The number of hydrogen-bond donors (Lipinski definition) is 2. The predicted molar refractivity (Wildman–Crippen MR) is 110 cm³/mol. The Balaban J connectivity index is 1.62. The second-order valence-corrected chi connectivity index (χ2v) is 7.76. The summed E-state index contributed by atoms with van der Waals surface area (Å²) in [5.74, 6) is 0.315. The highest BCUT2D eigenvalue weighted by molar-refractivity contribution is 5.88. The SMILES string of the molecule is CCc1[nH]c2c(CNC(=O)C3CCN(CCOC)CC3)cc(C)cc2c1C. The molecule has 0 spiro atoms. The number of likely N-dealkylation sites (tertiary alicyclic amines) is 1. The molecular weight excluding hydrogens is 338 g/mol. The summed E-state index contributed by atoms with van der Waals surface area (Å²) in [6.45, 7) is 10.7. The normalized spacial score (nSPS) is 16.1. The molecule has 0 saturated carbocycles. The van der Waals surface area contributed by atoms with Crippen LogP contribution in [-0.4, -0.2) is 49.1 Å². The molecule has 5 nitrogen and oxygen atoms in total. The maximum absolute atomic E-state index is 12.7. The van der Waals surface area contributed by atoms with Crippen molar-refractivity contribution in [3.63, 3.8) is 0 Å². The molecule has 148 valence electrons. The quantitative estimate of drug-likeness (QED) is 0.785. The molecule has 1 saturated heterocycles. The van der Waals surface area contributed by atoms with Crippen molar-refractivity contribution < 1.29 is 9.53 Å². The van der Waals surface area contributed by atoms with Crippen LogP contribution in [0.15, 0.2) is 12.1 Å². The van der Waals surface area contributed by atoms with E-state index >= 15 is 0 Å². The molecule has 3 rings (SSSR count). The van der Waals surface area contributed by atoms with E-state index in [-0.39, 0.29) is 11.8 Å². The number of nitrogens with zero attached hydrogens (tertiary/aromatic N) is 1. The second-order valence-electron chi connectivity index (χ2n) is 7.76. The molecular formula is C22H33N3O2. The van der Waals surface area contributed by atoms with Gasteiger partial charge in [-0.3, -0.25) is 4.79 Å². The summed E-state index contributed by atoms with van der Waals surface area (Å²) in [4.78, 5) is 18.6. The molecule has 5 heteroatoms. The average molecular weight is 372 g/mol. The summed E-state index contributed by atoms with van der Waals surface area (Å²) in [5, 5.41) is 4.47. The molecule has 0 aliphatic carbocycles. The van der Waals surface area contributed by atoms with Crippen LogP contribution in [0.25, 0.3) is 10.9 Å². The van der Waals surface area contributed by atoms with Gasteiger partial charge < -0.3 is 19.9 Å². The maximum Gasteiger partial charge on any atom is 0.223 e. The summed E-state index contributed by atoms with van der Waals surface area (Å²) >= 11 is 0. The van der Waals surface area contributed by atoms with E-state index in [0.29, 0.717) is 6.54 Å². The van der Waals surface area contributed by atoms with Crippen molar-refractivity contribution in [2.24, 2.45) is 5.92 Å². The van der Waals surface area contributed by atoms with E-state index in [1.807, 2.05) is 0 Å². The standard InChI is InChI=1S/C22H33N3O2/c1-5-20-16(3)19-13-15(2)12-18(21(19)24-20)14-23-22(26)17-6-8-25(9-7-17)10-11-27-4/h12-13,17,24H,5-11,14H2,1-4H3,(H,23,26). The molecule has 1 aromatic heterocycles. The summed E-state index contributed by atoms with van der Waals surface area (Å²) in [5.41, 5.74) is 6.20. The number of carbonyl (C=O) groups is 1. The fourth-order valence-corrected chi connectivity index (χ4v) is 4.17. The number of hydrogen-bond acceptors (Lipinski definition) is 3. The summed E-state index contributed by atoms with van der Waals surface area (Å²) in [6, 6.07) is 4.42. The third-order valence-corrected chi connectivity index (χ3v) is 5.87. The van der Waals surface area contributed by atoms with Crippen LogP contribution < -0.4 is 5.32 Å². The van der Waals surface area contributed by atoms with Crippen molar-refractivity contribution in [1.82, 2.24) is 15.2 Å². The van der Waals surface area contributed by atoms with E-state index in [9.17, 15) is 4.79 Å². The van der Waals surface area contributed by atoms with E-state index in [1.54, 1.807) is 7.11 Å². The van der Waals surface area contributed by atoms with Crippen LogP contribution in [0, 0.1) is 19.8 Å². The lowest BCUT2D eigenvalue weighted by atomic mass is 9.95. The van der Waals surface area contributed by atoms with Gasteiger partial charge in [0.2, 0.25) is 5.91 Å². The van der Waals surface area contributed by atoms with Crippen LogP contribution >= 0.6 is 0 Å². The molecule has 0 unspecified atom stereocenters. The summed E-state index contributed by atoms with van der Waals surface area (Å²) in [7, 11) is 1.73. The molecule has 0 radical (unpaired) electrons. The number of ether oxygens (including phenoxy) is 1. The molecule has 1 amide bonds. The number of fused-ring (bicyclic) bond motifs is 1. The Hall–Kier alpha value is -1.85. The van der Waals surface area contributed by atoms with Gasteiger partial charge in [0.15, 0.2) is 0 Å². The van der Waals surface area contributed by atoms with E-state index in [2.05, 4.69) is 48.1 Å². The lowest BCUT2D eigenvalue weighted by molar-refractivity contribution is -0.126. The first-order valence-electron chi connectivity index (χ1n) is 10.1. The van der Waals surface area contributed by atoms with Crippen LogP contribution in [0.2, 0.25) is 0 Å². The van der Waals surface area contributed by atoms with Crippen molar-refractivity contribution in [2.75, 3.05) is 33.4 Å². The highest BCUT2D eigenvalue weighted by Crippen LogP contribution is 2.27. The first-order chi connectivity index (χ1) is 13.0. The zero-order chi connectivity index (χ0) is 19.4. The lowest BCUT2D eigenvalue weighted by Gasteiger charge is -2.31. The fraction of sp³-hybridized carbons (Fsp3) is 0.591. The Labute approximate surface area is 162 Å². The number of carbonyl (C=O) groups excluding carboxylic acids is 1. The number of amides is 1. The van der Waals surface area contributed by atoms with Gasteiger partial charge >= 0.3 is 0 Å². The Kier molecular flexibility index (Phi) is 6.55. The number of aromatic nitrogens is 1. The second kappa shape index (κ2) is 8.89. The third kappa shape index (κ3) is 4.53. The fourth-order valence-electron chi connectivity index (χ4n) is 4.17. The molecule has 2 N–H and O–H groups in total. The van der Waals surface area contributed by atoms with Gasteiger partial charge in [0.1, 0.15) is 0 Å². The number of methoxy groups -OCH3 is 1. The molecule has 1 aromatic carbocycles. The molecule has 0 bridgehead atoms. The van der Waals surface area contributed by atoms with Gasteiger partial charge in [-0.1, -0.05) is 18.6 Å². The van der Waals surface area contributed by atoms with E-state index in [4.69, 9.17) is 4.74 Å². The number of aryl methyl sites for hydroxylation is 3. The Morgan fingerprint density at radius 2 is 2.04 bits per heavy atom. The van der Waals surface area contributed by atoms with Gasteiger partial charge in [0.05, 0.1) is 12.1 Å². The van der Waals surface area contributed by atoms with Crippen LogP contribution in [0.1, 0.15) is 42.1 Å². The van der Waals surface area contributed by atoms with Crippen molar-refractivity contribution in [2.45, 2.75) is 46.6 Å². The average Bonchev–Trinajstić information content (AvgIpc) is 3.00. The highest BCUT2D eigenvalue weighted by Gasteiger charge is 2.24. The monoisotopic (exact) mass is 371 g/mol. The minimum Gasteiger partial charge on any atom is -0.383 e. The van der Waals surface area contributed by atoms with Crippen molar-refractivity contribution in [1.29, 1.82) is 0 Å². The predicted octanol–water partition coefficient (Wildman–Crippen LogP) is 3.32. The van der Waals surface area contributed by atoms with Crippen LogP contribution in [0.4, 0.5) is 0 Å². The molecule has 1 fully saturated rings. The van der Waals surface area contributed by atoms with Crippen LogP contribution in [0.5, 0.6) is 0 Å². The molecule has 27 heavy (non-hydrogen) atoms. The van der Waals surface area contributed by atoms with Gasteiger partial charge in [0, 0.05) is 37.2 Å². The number of aromatic amines is 1. The van der Waals surface area contributed by atoms with Crippen LogP contribution in [0.3, 0.4) is 0 Å². The van der Waals surface area contributed by atoms with Gasteiger partial charge in [-0.15, -0.1) is 0 Å². The number of rotatable bonds is 7. The van der Waals surface area contributed by atoms with Crippen molar-refractivity contribution in [3.05, 3.63) is 34.5 Å². The van der Waals surface area contributed by atoms with Gasteiger partial charge in [-0.25, -0.2) is 0 Å². The molecule has 0 atom stereocenters. The Morgan fingerprint density at radius 3 is 2.70 bits per heavy atom. The number of H-pyrrole nitrogens is 1. The Morgan fingerprint density at radius 1 is 1.30 bits per heavy atom.